The van der Waals surface area contributed by atoms with Gasteiger partial charge >= 0.3 is 0 Å². The van der Waals surface area contributed by atoms with Crippen LogP contribution in [0.5, 0.6) is 0 Å². The summed E-state index contributed by atoms with van der Waals surface area (Å²) in [6.07, 6.45) is 37.6. The predicted molar refractivity (Wildman–Crippen MR) is 183 cm³/mol. The van der Waals surface area contributed by atoms with E-state index in [4.69, 9.17) is 0 Å². The summed E-state index contributed by atoms with van der Waals surface area (Å²) in [5.74, 6) is 10.4. The van der Waals surface area contributed by atoms with Crippen LogP contribution in [0.25, 0.3) is 0 Å². The van der Waals surface area contributed by atoms with E-state index in [0.717, 1.165) is 71.0 Å². The highest BCUT2D eigenvalue weighted by Crippen LogP contribution is 2.76. The van der Waals surface area contributed by atoms with E-state index in [2.05, 4.69) is 0 Å². The molecule has 2 heteroatoms. The Morgan fingerprint density at radius 2 is 0.489 bits per heavy atom. The van der Waals surface area contributed by atoms with E-state index in [0.29, 0.717) is 18.6 Å². The Balaban J connectivity index is 1.20. The molecule has 0 aliphatic heterocycles. The highest BCUT2D eigenvalue weighted by Gasteiger charge is 2.70. The second-order valence-electron chi connectivity index (χ2n) is 19.7. The van der Waals surface area contributed by atoms with Gasteiger partial charge in [0.1, 0.15) is 0 Å². The number of hydrogen-bond acceptors (Lipinski definition) is 2. The minimum Gasteiger partial charge on any atom is -0.396 e. The number of hydrogen-bond donors (Lipinski definition) is 2. The zero-order valence-electron chi connectivity index (χ0n) is 29.1. The minimum atomic E-state index is 0.164. The predicted octanol–water partition coefficient (Wildman–Crippen LogP) is 10.6. The van der Waals surface area contributed by atoms with Gasteiger partial charge in [0.2, 0.25) is 0 Å². The maximum atomic E-state index is 12.1. The van der Waals surface area contributed by atoms with Crippen molar-refractivity contribution in [1.82, 2.24) is 0 Å². The van der Waals surface area contributed by atoms with E-state index in [1.165, 1.54) is 167 Å². The number of rotatable bonds is 6. The minimum absolute atomic E-state index is 0.164. The van der Waals surface area contributed by atoms with Crippen LogP contribution in [0.15, 0.2) is 0 Å². The van der Waals surface area contributed by atoms with E-state index >= 15 is 0 Å². The van der Waals surface area contributed by atoms with Crippen molar-refractivity contribution >= 4 is 0 Å². The second kappa shape index (κ2) is 12.1. The van der Waals surface area contributed by atoms with Gasteiger partial charge in [-0.05, 0) is 166 Å². The molecule has 2 nitrogen and oxygen atoms in total. The molecule has 254 valence electrons. The van der Waals surface area contributed by atoms with Crippen molar-refractivity contribution in [2.75, 3.05) is 13.2 Å². The SMILES string of the molecule is OCC1(CC2(CC3(CO)C4CCCCC4C4CCCCC43)C3CCCCC3C3CCCCC32)C2CCCCC2C2CCCCC21. The molecule has 0 aromatic heterocycles. The van der Waals surface area contributed by atoms with Crippen LogP contribution in [-0.2, 0) is 0 Å². The van der Waals surface area contributed by atoms with Crippen LogP contribution in [0.2, 0.25) is 0 Å². The first-order chi connectivity index (χ1) is 22.2. The first kappa shape index (κ1) is 30.9. The fourth-order valence-corrected chi connectivity index (χ4v) is 18.1. The second-order valence-corrected chi connectivity index (χ2v) is 19.7. The third-order valence-electron chi connectivity index (χ3n) is 18.9. The standard InChI is InChI=1S/C43H70O2/c44-27-42(37-21-9-3-15-31(37)32-16-4-10-22-38(32)42)25-41(35-19-7-1-13-29(35)30-14-2-8-20-36(30)41)26-43(28-45)39-23-11-5-17-33(39)34-18-6-12-24-40(34)43/h29-40,44-45H,1-28H2. The van der Waals surface area contributed by atoms with Crippen LogP contribution < -0.4 is 0 Å². The fourth-order valence-electron chi connectivity index (χ4n) is 18.1. The molecule has 12 unspecified atom stereocenters. The van der Waals surface area contributed by atoms with Crippen LogP contribution >= 0.6 is 0 Å². The Bertz CT molecular complexity index is 922. The maximum Gasteiger partial charge on any atom is 0.0493 e. The van der Waals surface area contributed by atoms with E-state index < -0.39 is 0 Å². The zero-order chi connectivity index (χ0) is 30.2. The molecule has 2 N–H and O–H groups in total. The summed E-state index contributed by atoms with van der Waals surface area (Å²) in [5, 5.41) is 24.1. The average molecular weight is 619 g/mol. The van der Waals surface area contributed by atoms with Crippen molar-refractivity contribution in [2.45, 2.75) is 167 Å². The molecule has 0 aromatic carbocycles. The Morgan fingerprint density at radius 1 is 0.289 bits per heavy atom. The number of aliphatic hydroxyl groups is 2. The van der Waals surface area contributed by atoms with Crippen molar-refractivity contribution in [3.05, 3.63) is 0 Å². The number of fused-ring (bicyclic) bond motifs is 9. The summed E-state index contributed by atoms with van der Waals surface area (Å²) >= 11 is 0. The van der Waals surface area contributed by atoms with Crippen LogP contribution in [0.1, 0.15) is 167 Å². The van der Waals surface area contributed by atoms with Gasteiger partial charge in [-0.25, -0.2) is 0 Å². The number of aliphatic hydroxyl groups excluding tert-OH is 2. The molecule has 0 spiro atoms. The molecule has 0 radical (unpaired) electrons. The quantitative estimate of drug-likeness (QED) is 0.311. The lowest BCUT2D eigenvalue weighted by Gasteiger charge is -2.57. The highest BCUT2D eigenvalue weighted by atomic mass is 16.3. The zero-order valence-corrected chi connectivity index (χ0v) is 29.1. The van der Waals surface area contributed by atoms with Crippen molar-refractivity contribution in [2.24, 2.45) is 87.3 Å². The third-order valence-corrected chi connectivity index (χ3v) is 18.9. The van der Waals surface area contributed by atoms with Crippen LogP contribution in [-0.4, -0.2) is 23.4 Å². The summed E-state index contributed by atoms with van der Waals surface area (Å²) in [6.45, 7) is 0.964. The summed E-state index contributed by atoms with van der Waals surface area (Å²) < 4.78 is 0. The van der Waals surface area contributed by atoms with E-state index in [9.17, 15) is 10.2 Å². The van der Waals surface area contributed by atoms with Crippen molar-refractivity contribution in [1.29, 1.82) is 0 Å². The topological polar surface area (TPSA) is 40.5 Å². The Labute approximate surface area is 277 Å². The molecule has 9 rings (SSSR count). The molecule has 45 heavy (non-hydrogen) atoms. The third kappa shape index (κ3) is 4.43. The Hall–Kier alpha value is -0.0800. The van der Waals surface area contributed by atoms with E-state index in [1.807, 2.05) is 0 Å². The molecule has 9 aliphatic carbocycles. The lowest BCUT2D eigenvalue weighted by atomic mass is 9.47. The van der Waals surface area contributed by atoms with Gasteiger partial charge in [0.15, 0.2) is 0 Å². The molecule has 9 saturated carbocycles. The van der Waals surface area contributed by atoms with Crippen LogP contribution in [0, 0.1) is 87.3 Å². The molecule has 0 amide bonds. The highest BCUT2D eigenvalue weighted by molar-refractivity contribution is 5.19. The lowest BCUT2D eigenvalue weighted by Crippen LogP contribution is -2.52. The van der Waals surface area contributed by atoms with Gasteiger partial charge in [-0.3, -0.25) is 0 Å². The van der Waals surface area contributed by atoms with Crippen molar-refractivity contribution in [3.63, 3.8) is 0 Å². The molecule has 0 saturated heterocycles. The van der Waals surface area contributed by atoms with Gasteiger partial charge < -0.3 is 10.2 Å². The Kier molecular flexibility index (Phi) is 8.29. The van der Waals surface area contributed by atoms with Crippen LogP contribution in [0.3, 0.4) is 0 Å². The van der Waals surface area contributed by atoms with Crippen molar-refractivity contribution < 1.29 is 10.2 Å². The Morgan fingerprint density at radius 3 is 0.711 bits per heavy atom. The van der Waals surface area contributed by atoms with Gasteiger partial charge in [-0.15, -0.1) is 0 Å². The molecule has 0 heterocycles. The molecule has 12 atom stereocenters. The largest absolute Gasteiger partial charge is 0.396 e. The summed E-state index contributed by atoms with van der Waals surface area (Å²) in [7, 11) is 0. The van der Waals surface area contributed by atoms with Crippen molar-refractivity contribution in [3.8, 4) is 0 Å². The molecular weight excluding hydrogens is 548 g/mol. The first-order valence-electron chi connectivity index (χ1n) is 21.4. The van der Waals surface area contributed by atoms with Gasteiger partial charge in [-0.2, -0.15) is 0 Å². The molecule has 0 bridgehead atoms. The molecular formula is C43H70O2. The molecule has 9 aliphatic rings. The van der Waals surface area contributed by atoms with E-state index in [1.54, 1.807) is 0 Å². The monoisotopic (exact) mass is 619 g/mol. The summed E-state index contributed by atoms with van der Waals surface area (Å²) in [4.78, 5) is 0. The van der Waals surface area contributed by atoms with Gasteiger partial charge in [0, 0.05) is 24.0 Å². The van der Waals surface area contributed by atoms with Gasteiger partial charge in [-0.1, -0.05) is 77.0 Å². The first-order valence-corrected chi connectivity index (χ1v) is 21.4. The van der Waals surface area contributed by atoms with Gasteiger partial charge in [0.05, 0.1) is 0 Å². The smallest absolute Gasteiger partial charge is 0.0493 e. The fraction of sp³-hybridized carbons (Fsp3) is 1.00. The summed E-state index contributed by atoms with van der Waals surface area (Å²) in [6, 6.07) is 0. The van der Waals surface area contributed by atoms with Crippen LogP contribution in [0.4, 0.5) is 0 Å². The normalized spacial score (nSPS) is 55.6. The maximum absolute atomic E-state index is 12.1. The lowest BCUT2D eigenvalue weighted by molar-refractivity contribution is -0.114. The van der Waals surface area contributed by atoms with E-state index in [-0.39, 0.29) is 10.8 Å². The molecule has 9 fully saturated rings. The average Bonchev–Trinajstić information content (AvgIpc) is 3.66. The van der Waals surface area contributed by atoms with Gasteiger partial charge in [0.25, 0.3) is 0 Å². The molecule has 0 aromatic rings. The summed E-state index contributed by atoms with van der Waals surface area (Å²) in [5.41, 5.74) is 0.694.